The molecule has 6 atom stereocenters. The Morgan fingerprint density at radius 3 is 2.35 bits per heavy atom. The number of aliphatic hydroxyl groups excluding tert-OH is 1. The lowest BCUT2D eigenvalue weighted by molar-refractivity contribution is 0.113. The number of aromatic nitrogens is 2. The number of benzene rings is 1. The maximum Gasteiger partial charge on any atom is 0.197 e. The number of piperidine rings is 1. The standard InChI is InChI=1S/C30H39N3O4/c1-17-22-14-23(28(17)34)26-25(22)29(35)33(30(26)36)16-20-7-3-2-6-19(20)15-32-12-10-18(11-13-32)27-21-8-4-5-9-24(21)37-31-27/h4-5,8-9,17-20,22-23,28,34-36H,2-3,6-7,10-16H2,1H3/t17?,19-,20-,22?,23?,28?/m1/s1. The van der Waals surface area contributed by atoms with E-state index < -0.39 is 6.10 Å². The number of fused-ring (bicyclic) bond motifs is 6. The zero-order valence-corrected chi connectivity index (χ0v) is 21.7. The molecule has 37 heavy (non-hydrogen) atoms. The van der Waals surface area contributed by atoms with E-state index in [9.17, 15) is 15.3 Å². The lowest BCUT2D eigenvalue weighted by Gasteiger charge is -2.38. The van der Waals surface area contributed by atoms with Gasteiger partial charge in [0.2, 0.25) is 0 Å². The molecule has 2 bridgehead atoms. The fraction of sp³-hybridized carbons (Fsp3) is 0.633. The lowest BCUT2D eigenvalue weighted by Crippen LogP contribution is -2.40. The van der Waals surface area contributed by atoms with E-state index in [0.717, 1.165) is 73.1 Å². The number of nitrogens with zero attached hydrogens (tertiary/aromatic N) is 3. The first-order valence-electron chi connectivity index (χ1n) is 14.4. The molecule has 4 aliphatic rings. The molecule has 7 rings (SSSR count). The molecule has 3 heterocycles. The molecule has 1 aromatic carbocycles. The van der Waals surface area contributed by atoms with Crippen LogP contribution in [0.4, 0.5) is 0 Å². The predicted octanol–water partition coefficient (Wildman–Crippen LogP) is 5.31. The summed E-state index contributed by atoms with van der Waals surface area (Å²) in [4.78, 5) is 2.62. The summed E-state index contributed by atoms with van der Waals surface area (Å²) in [5, 5.41) is 38.5. The number of likely N-dealkylation sites (tertiary alicyclic amines) is 1. The van der Waals surface area contributed by atoms with Gasteiger partial charge in [0, 0.05) is 41.4 Å². The van der Waals surface area contributed by atoms with Gasteiger partial charge in [0.1, 0.15) is 0 Å². The summed E-state index contributed by atoms with van der Waals surface area (Å²) in [6, 6.07) is 8.17. The number of hydrogen-bond acceptors (Lipinski definition) is 6. The van der Waals surface area contributed by atoms with Crippen molar-refractivity contribution in [3.8, 4) is 11.8 Å². The fourth-order valence-electron chi connectivity index (χ4n) is 8.36. The van der Waals surface area contributed by atoms with Crippen molar-refractivity contribution in [3.05, 3.63) is 41.1 Å². The molecular weight excluding hydrogens is 466 g/mol. The second-order valence-electron chi connectivity index (χ2n) is 12.3. The Morgan fingerprint density at radius 2 is 1.59 bits per heavy atom. The highest BCUT2D eigenvalue weighted by Crippen LogP contribution is 2.62. The van der Waals surface area contributed by atoms with Gasteiger partial charge in [0.05, 0.1) is 11.8 Å². The SMILES string of the molecule is CC1C2CC(c3c2c(O)n(C[C@H]2CCCC[C@@H]2CN2CCC(c4noc5ccccc45)CC2)c3O)C1O. The van der Waals surface area contributed by atoms with Crippen LogP contribution in [0.2, 0.25) is 0 Å². The summed E-state index contributed by atoms with van der Waals surface area (Å²) in [6.45, 7) is 5.96. The molecule has 0 amide bonds. The van der Waals surface area contributed by atoms with Gasteiger partial charge in [-0.05, 0) is 81.0 Å². The normalized spacial score (nSPS) is 32.4. The van der Waals surface area contributed by atoms with E-state index >= 15 is 0 Å². The molecule has 3 aliphatic carbocycles. The van der Waals surface area contributed by atoms with Crippen LogP contribution in [0.25, 0.3) is 11.0 Å². The Bertz CT molecular complexity index is 1250. The van der Waals surface area contributed by atoms with E-state index in [1.54, 1.807) is 4.57 Å². The molecule has 4 unspecified atom stereocenters. The second-order valence-corrected chi connectivity index (χ2v) is 12.3. The molecule has 1 aliphatic heterocycles. The second kappa shape index (κ2) is 9.05. The van der Waals surface area contributed by atoms with Gasteiger partial charge >= 0.3 is 0 Å². The third-order valence-electron chi connectivity index (χ3n) is 10.5. The maximum absolute atomic E-state index is 11.2. The first-order chi connectivity index (χ1) is 18.0. The van der Waals surface area contributed by atoms with Gasteiger partial charge in [0.25, 0.3) is 0 Å². The lowest BCUT2D eigenvalue weighted by atomic mass is 9.78. The molecule has 198 valence electrons. The Kier molecular flexibility index (Phi) is 5.77. The van der Waals surface area contributed by atoms with Gasteiger partial charge in [0.15, 0.2) is 17.3 Å². The monoisotopic (exact) mass is 505 g/mol. The minimum absolute atomic E-state index is 0.0348. The minimum Gasteiger partial charge on any atom is -0.494 e. The average Bonchev–Trinajstić information content (AvgIpc) is 3.65. The summed E-state index contributed by atoms with van der Waals surface area (Å²) in [6.07, 6.45) is 7.46. The zero-order valence-electron chi connectivity index (χ0n) is 21.7. The number of rotatable bonds is 5. The van der Waals surface area contributed by atoms with Crippen molar-refractivity contribution in [2.45, 2.75) is 82.3 Å². The van der Waals surface area contributed by atoms with Crippen LogP contribution in [0, 0.1) is 17.8 Å². The van der Waals surface area contributed by atoms with Gasteiger partial charge in [-0.15, -0.1) is 0 Å². The number of aliphatic hydroxyl groups is 1. The van der Waals surface area contributed by atoms with Gasteiger partial charge in [-0.3, -0.25) is 4.57 Å². The molecule has 7 nitrogen and oxygen atoms in total. The molecule has 2 saturated carbocycles. The largest absolute Gasteiger partial charge is 0.494 e. The van der Waals surface area contributed by atoms with Crippen LogP contribution in [-0.4, -0.2) is 55.7 Å². The summed E-state index contributed by atoms with van der Waals surface area (Å²) in [5.41, 5.74) is 3.73. The molecule has 0 spiro atoms. The highest BCUT2D eigenvalue weighted by Gasteiger charge is 2.53. The van der Waals surface area contributed by atoms with Crippen molar-refractivity contribution >= 4 is 11.0 Å². The van der Waals surface area contributed by atoms with Gasteiger partial charge in [-0.2, -0.15) is 0 Å². The van der Waals surface area contributed by atoms with Crippen LogP contribution in [0.15, 0.2) is 28.8 Å². The third kappa shape index (κ3) is 3.72. The van der Waals surface area contributed by atoms with E-state index in [1.807, 2.05) is 12.1 Å². The molecule has 3 aromatic rings. The Morgan fingerprint density at radius 1 is 0.919 bits per heavy atom. The summed E-state index contributed by atoms with van der Waals surface area (Å²) in [5.74, 6) is 2.18. The number of aromatic hydroxyl groups is 2. The molecular formula is C30H39N3O4. The highest BCUT2D eigenvalue weighted by atomic mass is 16.5. The van der Waals surface area contributed by atoms with Crippen molar-refractivity contribution in [2.75, 3.05) is 19.6 Å². The van der Waals surface area contributed by atoms with Crippen molar-refractivity contribution in [1.29, 1.82) is 0 Å². The molecule has 7 heteroatoms. The van der Waals surface area contributed by atoms with Gasteiger partial charge < -0.3 is 24.7 Å². The first-order valence-corrected chi connectivity index (χ1v) is 14.4. The molecule has 3 N–H and O–H groups in total. The van der Waals surface area contributed by atoms with Crippen molar-refractivity contribution in [3.63, 3.8) is 0 Å². The van der Waals surface area contributed by atoms with Crippen LogP contribution >= 0.6 is 0 Å². The fourth-order valence-corrected chi connectivity index (χ4v) is 8.36. The van der Waals surface area contributed by atoms with Crippen molar-refractivity contribution < 1.29 is 19.8 Å². The highest BCUT2D eigenvalue weighted by molar-refractivity contribution is 5.79. The van der Waals surface area contributed by atoms with E-state index in [2.05, 4.69) is 29.1 Å². The zero-order chi connectivity index (χ0) is 25.3. The smallest absolute Gasteiger partial charge is 0.197 e. The Labute approximate surface area is 218 Å². The Hall–Kier alpha value is -2.51. The average molecular weight is 506 g/mol. The van der Waals surface area contributed by atoms with E-state index in [0.29, 0.717) is 24.3 Å². The quantitative estimate of drug-likeness (QED) is 0.435. The van der Waals surface area contributed by atoms with Crippen LogP contribution < -0.4 is 0 Å². The summed E-state index contributed by atoms with van der Waals surface area (Å²) < 4.78 is 7.35. The summed E-state index contributed by atoms with van der Waals surface area (Å²) >= 11 is 0. The van der Waals surface area contributed by atoms with E-state index in [1.165, 1.54) is 19.3 Å². The Balaban J connectivity index is 1.03. The van der Waals surface area contributed by atoms with Crippen molar-refractivity contribution in [2.24, 2.45) is 17.8 Å². The van der Waals surface area contributed by atoms with Crippen LogP contribution in [0.1, 0.15) is 86.4 Å². The molecule has 0 radical (unpaired) electrons. The molecule has 3 fully saturated rings. The van der Waals surface area contributed by atoms with Crippen molar-refractivity contribution in [1.82, 2.24) is 14.6 Å². The molecule has 1 saturated heterocycles. The van der Waals surface area contributed by atoms with Crippen LogP contribution in [-0.2, 0) is 6.54 Å². The van der Waals surface area contributed by atoms with Gasteiger partial charge in [-0.25, -0.2) is 0 Å². The van der Waals surface area contributed by atoms with E-state index in [4.69, 9.17) is 4.52 Å². The number of hydrogen-bond donors (Lipinski definition) is 3. The predicted molar refractivity (Wildman–Crippen MR) is 141 cm³/mol. The topological polar surface area (TPSA) is 94.9 Å². The molecule has 2 aromatic heterocycles. The minimum atomic E-state index is -0.417. The third-order valence-corrected chi connectivity index (χ3v) is 10.5. The first kappa shape index (κ1) is 23.6. The van der Waals surface area contributed by atoms with E-state index in [-0.39, 0.29) is 29.5 Å². The van der Waals surface area contributed by atoms with Gasteiger partial charge in [-0.1, -0.05) is 37.1 Å². The van der Waals surface area contributed by atoms with Crippen LogP contribution in [0.3, 0.4) is 0 Å². The summed E-state index contributed by atoms with van der Waals surface area (Å²) in [7, 11) is 0. The number of para-hydroxylation sites is 1. The van der Waals surface area contributed by atoms with Crippen LogP contribution in [0.5, 0.6) is 11.8 Å². The maximum atomic E-state index is 11.2.